The van der Waals surface area contributed by atoms with Crippen LogP contribution in [0.4, 0.5) is 17.1 Å². The Morgan fingerprint density at radius 3 is 2.23 bits per heavy atom. The van der Waals surface area contributed by atoms with E-state index in [1.807, 2.05) is 0 Å². The molecular formula is C12H9N3O6S. The fraction of sp³-hybridized carbons (Fsp3) is 0. The third-order valence-corrected chi connectivity index (χ3v) is 4.05. The average molecular weight is 323 g/mol. The number of para-hydroxylation sites is 2. The van der Waals surface area contributed by atoms with Gasteiger partial charge in [-0.3, -0.25) is 25.0 Å². The van der Waals surface area contributed by atoms with E-state index < -0.39 is 31.2 Å². The second-order valence-corrected chi connectivity index (χ2v) is 5.82. The fourth-order valence-electron chi connectivity index (χ4n) is 1.69. The average Bonchev–Trinajstić information content (AvgIpc) is 2.47. The normalized spacial score (nSPS) is 10.9. The zero-order valence-electron chi connectivity index (χ0n) is 10.9. The Kier molecular flexibility index (Phi) is 4.04. The molecule has 0 radical (unpaired) electrons. The lowest BCUT2D eigenvalue weighted by Gasteiger charge is -2.08. The molecule has 0 aromatic heterocycles. The third-order valence-electron chi connectivity index (χ3n) is 2.68. The summed E-state index contributed by atoms with van der Waals surface area (Å²) in [7, 11) is -4.18. The number of sulfonamides is 1. The Morgan fingerprint density at radius 1 is 0.909 bits per heavy atom. The van der Waals surface area contributed by atoms with Crippen LogP contribution in [0, 0.1) is 20.2 Å². The van der Waals surface area contributed by atoms with Crippen molar-refractivity contribution in [1.29, 1.82) is 0 Å². The van der Waals surface area contributed by atoms with Gasteiger partial charge < -0.3 is 0 Å². The number of nitrogens with one attached hydrogen (secondary N) is 1. The van der Waals surface area contributed by atoms with E-state index in [0.717, 1.165) is 24.3 Å². The van der Waals surface area contributed by atoms with Gasteiger partial charge in [0.1, 0.15) is 5.69 Å². The van der Waals surface area contributed by atoms with Gasteiger partial charge >= 0.3 is 0 Å². The minimum atomic E-state index is -4.18. The summed E-state index contributed by atoms with van der Waals surface area (Å²) in [6.45, 7) is 0. The minimum Gasteiger partial charge on any atom is -0.273 e. The molecule has 0 bridgehead atoms. The van der Waals surface area contributed by atoms with Crippen LogP contribution < -0.4 is 4.72 Å². The number of benzene rings is 2. The maximum absolute atomic E-state index is 12.2. The van der Waals surface area contributed by atoms with Gasteiger partial charge in [-0.25, -0.2) is 8.42 Å². The van der Waals surface area contributed by atoms with E-state index >= 15 is 0 Å². The SMILES string of the molecule is O=[N+]([O-])c1cccc(S(=O)(=O)Nc2ccccc2[N+](=O)[O-])c1. The van der Waals surface area contributed by atoms with Crippen LogP contribution in [0.5, 0.6) is 0 Å². The third kappa shape index (κ3) is 3.17. The molecule has 10 heteroatoms. The van der Waals surface area contributed by atoms with Crippen molar-refractivity contribution in [3.63, 3.8) is 0 Å². The van der Waals surface area contributed by atoms with Crippen molar-refractivity contribution in [3.8, 4) is 0 Å². The monoisotopic (exact) mass is 323 g/mol. The van der Waals surface area contributed by atoms with E-state index in [0.29, 0.717) is 0 Å². The lowest BCUT2D eigenvalue weighted by molar-refractivity contribution is -0.385. The number of hydrogen-bond donors (Lipinski definition) is 1. The van der Waals surface area contributed by atoms with Gasteiger partial charge in [-0.15, -0.1) is 0 Å². The van der Waals surface area contributed by atoms with E-state index in [1.54, 1.807) is 0 Å². The van der Waals surface area contributed by atoms with Crippen molar-refractivity contribution >= 4 is 27.1 Å². The van der Waals surface area contributed by atoms with E-state index in [4.69, 9.17) is 0 Å². The smallest absolute Gasteiger partial charge is 0.273 e. The molecule has 0 unspecified atom stereocenters. The molecule has 114 valence electrons. The highest BCUT2D eigenvalue weighted by Gasteiger charge is 2.21. The predicted molar refractivity (Wildman–Crippen MR) is 77.0 cm³/mol. The summed E-state index contributed by atoms with van der Waals surface area (Å²) < 4.78 is 26.4. The largest absolute Gasteiger partial charge is 0.293 e. The Hall–Kier alpha value is -3.01. The molecular weight excluding hydrogens is 314 g/mol. The molecule has 9 nitrogen and oxygen atoms in total. The molecule has 0 fully saturated rings. The summed E-state index contributed by atoms with van der Waals surface area (Å²) in [6.07, 6.45) is 0. The molecule has 0 spiro atoms. The lowest BCUT2D eigenvalue weighted by Crippen LogP contribution is -2.14. The minimum absolute atomic E-state index is 0.223. The number of nitro benzene ring substituents is 2. The maximum atomic E-state index is 12.2. The Labute approximate surface area is 124 Å². The highest BCUT2D eigenvalue weighted by atomic mass is 32.2. The van der Waals surface area contributed by atoms with Gasteiger partial charge in [0.25, 0.3) is 21.4 Å². The number of non-ortho nitro benzene ring substituents is 1. The first-order valence-corrected chi connectivity index (χ1v) is 7.30. The Balaban J connectivity index is 2.43. The number of nitro groups is 2. The van der Waals surface area contributed by atoms with Crippen molar-refractivity contribution < 1.29 is 18.3 Å². The molecule has 0 aliphatic carbocycles. The standard InChI is InChI=1S/C12H9N3O6S/c16-14(17)9-4-3-5-10(8-9)22(20,21)13-11-6-1-2-7-12(11)15(18)19/h1-8,13H. The first-order valence-electron chi connectivity index (χ1n) is 5.82. The van der Waals surface area contributed by atoms with Crippen LogP contribution in [0.1, 0.15) is 0 Å². The topological polar surface area (TPSA) is 132 Å². The Morgan fingerprint density at radius 2 is 1.59 bits per heavy atom. The van der Waals surface area contributed by atoms with Crippen molar-refractivity contribution in [1.82, 2.24) is 0 Å². The second kappa shape index (κ2) is 5.77. The zero-order valence-corrected chi connectivity index (χ0v) is 11.7. The molecule has 2 aromatic carbocycles. The van der Waals surface area contributed by atoms with Crippen LogP contribution >= 0.6 is 0 Å². The molecule has 0 saturated carbocycles. The fourth-order valence-corrected chi connectivity index (χ4v) is 2.80. The summed E-state index contributed by atoms with van der Waals surface area (Å²) in [6, 6.07) is 9.58. The van der Waals surface area contributed by atoms with Gasteiger partial charge in [-0.1, -0.05) is 18.2 Å². The van der Waals surface area contributed by atoms with Crippen LogP contribution in [0.2, 0.25) is 0 Å². The number of nitrogens with zero attached hydrogens (tertiary/aromatic N) is 2. The molecule has 0 aliphatic rings. The molecule has 2 rings (SSSR count). The van der Waals surface area contributed by atoms with Crippen molar-refractivity contribution in [2.75, 3.05) is 4.72 Å². The molecule has 0 amide bonds. The van der Waals surface area contributed by atoms with Crippen LogP contribution in [0.25, 0.3) is 0 Å². The van der Waals surface area contributed by atoms with Gasteiger partial charge in [0.05, 0.1) is 14.7 Å². The predicted octanol–water partition coefficient (Wildman–Crippen LogP) is 2.30. The quantitative estimate of drug-likeness (QED) is 0.663. The summed E-state index contributed by atoms with van der Waals surface area (Å²) in [5, 5.41) is 21.6. The molecule has 22 heavy (non-hydrogen) atoms. The van der Waals surface area contributed by atoms with Crippen molar-refractivity contribution in [2.24, 2.45) is 0 Å². The van der Waals surface area contributed by atoms with E-state index in [2.05, 4.69) is 4.72 Å². The molecule has 1 N–H and O–H groups in total. The number of anilines is 1. The van der Waals surface area contributed by atoms with Gasteiger partial charge in [0.15, 0.2) is 0 Å². The van der Waals surface area contributed by atoms with Crippen LogP contribution in [0.15, 0.2) is 53.4 Å². The van der Waals surface area contributed by atoms with Gasteiger partial charge in [0, 0.05) is 18.2 Å². The van der Waals surface area contributed by atoms with Crippen LogP contribution in [-0.2, 0) is 10.0 Å². The number of rotatable bonds is 5. The second-order valence-electron chi connectivity index (χ2n) is 4.13. The summed E-state index contributed by atoms with van der Waals surface area (Å²) in [5.41, 5.74) is -1.04. The summed E-state index contributed by atoms with van der Waals surface area (Å²) in [5.74, 6) is 0. The summed E-state index contributed by atoms with van der Waals surface area (Å²) >= 11 is 0. The van der Waals surface area contributed by atoms with Crippen molar-refractivity contribution in [3.05, 3.63) is 68.8 Å². The van der Waals surface area contributed by atoms with Gasteiger partial charge in [0.2, 0.25) is 0 Å². The van der Waals surface area contributed by atoms with Gasteiger partial charge in [-0.05, 0) is 12.1 Å². The zero-order chi connectivity index (χ0) is 16.3. The lowest BCUT2D eigenvalue weighted by atomic mass is 10.3. The van der Waals surface area contributed by atoms with E-state index in [1.165, 1.54) is 24.3 Å². The molecule has 0 atom stereocenters. The van der Waals surface area contributed by atoms with Crippen LogP contribution in [0.3, 0.4) is 0 Å². The first kappa shape index (κ1) is 15.4. The molecule has 0 saturated heterocycles. The highest BCUT2D eigenvalue weighted by Crippen LogP contribution is 2.27. The molecule has 0 heterocycles. The molecule has 2 aromatic rings. The van der Waals surface area contributed by atoms with Crippen molar-refractivity contribution in [2.45, 2.75) is 4.90 Å². The Bertz CT molecular complexity index is 849. The molecule has 0 aliphatic heterocycles. The first-order chi connectivity index (χ1) is 10.3. The van der Waals surface area contributed by atoms with Gasteiger partial charge in [-0.2, -0.15) is 0 Å². The van der Waals surface area contributed by atoms with E-state index in [-0.39, 0.29) is 10.6 Å². The number of hydrogen-bond acceptors (Lipinski definition) is 6. The van der Waals surface area contributed by atoms with E-state index in [9.17, 15) is 28.6 Å². The van der Waals surface area contributed by atoms with Crippen LogP contribution in [-0.4, -0.2) is 18.3 Å². The summed E-state index contributed by atoms with van der Waals surface area (Å²) in [4.78, 5) is 19.7. The maximum Gasteiger partial charge on any atom is 0.293 e. The highest BCUT2D eigenvalue weighted by molar-refractivity contribution is 7.92.